The summed E-state index contributed by atoms with van der Waals surface area (Å²) >= 11 is 6.12. The zero-order chi connectivity index (χ0) is 18.4. The highest BCUT2D eigenvalue weighted by Gasteiger charge is 2.18. The number of rotatable bonds is 6. The summed E-state index contributed by atoms with van der Waals surface area (Å²) in [6, 6.07) is 3.51. The number of fused-ring (bicyclic) bond motifs is 1. The predicted molar refractivity (Wildman–Crippen MR) is 99.3 cm³/mol. The van der Waals surface area contributed by atoms with Gasteiger partial charge >= 0.3 is 0 Å². The highest BCUT2D eigenvalue weighted by atomic mass is 35.5. The Morgan fingerprint density at radius 1 is 1.27 bits per heavy atom. The number of nitrogens with one attached hydrogen (secondary N) is 1. The third kappa shape index (κ3) is 4.91. The van der Waals surface area contributed by atoms with Gasteiger partial charge in [0, 0.05) is 32.1 Å². The molecule has 3 rings (SSSR count). The molecule has 6 nitrogen and oxygen atoms in total. The highest BCUT2D eigenvalue weighted by Crippen LogP contribution is 2.40. The second-order valence-corrected chi connectivity index (χ2v) is 6.81. The summed E-state index contributed by atoms with van der Waals surface area (Å²) in [5.74, 6) is 1.17. The van der Waals surface area contributed by atoms with Crippen LogP contribution in [0.5, 0.6) is 11.5 Å². The monoisotopic (exact) mass is 378 g/mol. The topological polar surface area (TPSA) is 67.9 Å². The maximum Gasteiger partial charge on any atom is 0.244 e. The van der Waals surface area contributed by atoms with E-state index in [-0.39, 0.29) is 18.6 Å². The Kier molecular flexibility index (Phi) is 6.39. The number of hydrogen-bond donors (Lipinski definition) is 1. The van der Waals surface area contributed by atoms with E-state index in [2.05, 4.69) is 5.32 Å². The van der Waals surface area contributed by atoms with Crippen LogP contribution in [0, 0.1) is 0 Å². The summed E-state index contributed by atoms with van der Waals surface area (Å²) < 4.78 is 10.6. The molecule has 1 aromatic carbocycles. The molecular formula is C19H23ClN2O4. The Hall–Kier alpha value is -2.21. The molecule has 0 aliphatic carbocycles. The Morgan fingerprint density at radius 3 is 3.04 bits per heavy atom. The van der Waals surface area contributed by atoms with Gasteiger partial charge < -0.3 is 19.7 Å². The zero-order valence-corrected chi connectivity index (χ0v) is 15.4. The molecule has 0 aromatic heterocycles. The largest absolute Gasteiger partial charge is 0.454 e. The van der Waals surface area contributed by atoms with E-state index in [0.717, 1.165) is 37.8 Å². The molecule has 2 aliphatic rings. The first-order valence-electron chi connectivity index (χ1n) is 8.96. The van der Waals surface area contributed by atoms with Crippen molar-refractivity contribution in [3.05, 3.63) is 28.8 Å². The summed E-state index contributed by atoms with van der Waals surface area (Å²) in [6.45, 7) is 2.22. The van der Waals surface area contributed by atoms with Crippen LogP contribution < -0.4 is 14.8 Å². The van der Waals surface area contributed by atoms with Crippen molar-refractivity contribution >= 4 is 29.5 Å². The molecule has 2 aliphatic heterocycles. The number of amides is 2. The minimum atomic E-state index is -0.180. The number of ether oxygens (including phenoxy) is 2. The van der Waals surface area contributed by atoms with Crippen molar-refractivity contribution in [3.8, 4) is 11.5 Å². The van der Waals surface area contributed by atoms with Gasteiger partial charge in [-0.3, -0.25) is 9.59 Å². The molecule has 0 radical (unpaired) electrons. The van der Waals surface area contributed by atoms with Gasteiger partial charge in [-0.1, -0.05) is 18.0 Å². The molecule has 1 saturated heterocycles. The Balaban J connectivity index is 1.42. The van der Waals surface area contributed by atoms with E-state index in [1.54, 1.807) is 18.2 Å². The van der Waals surface area contributed by atoms with Crippen LogP contribution in [0.4, 0.5) is 0 Å². The van der Waals surface area contributed by atoms with E-state index < -0.39 is 0 Å². The minimum Gasteiger partial charge on any atom is -0.454 e. The van der Waals surface area contributed by atoms with Crippen LogP contribution in [0.3, 0.4) is 0 Å². The first-order chi connectivity index (χ1) is 12.6. The lowest BCUT2D eigenvalue weighted by Crippen LogP contribution is -2.33. The molecular weight excluding hydrogens is 356 g/mol. The molecule has 0 spiro atoms. The lowest BCUT2D eigenvalue weighted by molar-refractivity contribution is -0.130. The van der Waals surface area contributed by atoms with Gasteiger partial charge in [0.2, 0.25) is 18.6 Å². The standard InChI is InChI=1S/C19H23ClN2O4/c20-15-11-14(12-16-19(15)26-13-25-16)6-7-17(23)21-8-4-10-22-9-3-1-2-5-18(22)24/h6-7,11-12H,1-5,8-10,13H2,(H,21,23)/b7-6+. The first-order valence-corrected chi connectivity index (χ1v) is 9.34. The number of hydrogen-bond acceptors (Lipinski definition) is 4. The summed E-state index contributed by atoms with van der Waals surface area (Å²) in [4.78, 5) is 25.8. The fraction of sp³-hybridized carbons (Fsp3) is 0.474. The lowest BCUT2D eigenvalue weighted by Gasteiger charge is -2.20. The second kappa shape index (κ2) is 8.94. The van der Waals surface area contributed by atoms with Crippen LogP contribution >= 0.6 is 11.6 Å². The van der Waals surface area contributed by atoms with Crippen LogP contribution in [0.2, 0.25) is 5.02 Å². The molecule has 1 aromatic rings. The highest BCUT2D eigenvalue weighted by molar-refractivity contribution is 6.32. The maximum atomic E-state index is 11.9. The predicted octanol–water partition coefficient (Wildman–Crippen LogP) is 2.99. The summed E-state index contributed by atoms with van der Waals surface area (Å²) in [5.41, 5.74) is 0.768. The van der Waals surface area contributed by atoms with Gasteiger partial charge in [-0.25, -0.2) is 0 Å². The van der Waals surface area contributed by atoms with Crippen LogP contribution in [0.1, 0.15) is 37.7 Å². The molecule has 26 heavy (non-hydrogen) atoms. The normalized spacial score (nSPS) is 16.8. The molecule has 1 fully saturated rings. The van der Waals surface area contributed by atoms with Gasteiger partial charge in [0.15, 0.2) is 11.5 Å². The molecule has 0 atom stereocenters. The van der Waals surface area contributed by atoms with Crippen molar-refractivity contribution in [1.82, 2.24) is 10.2 Å². The van der Waals surface area contributed by atoms with Crippen molar-refractivity contribution in [3.63, 3.8) is 0 Å². The molecule has 0 unspecified atom stereocenters. The fourth-order valence-corrected chi connectivity index (χ4v) is 3.34. The summed E-state index contributed by atoms with van der Waals surface area (Å²) in [6.07, 6.45) is 7.72. The number of nitrogens with zero attached hydrogens (tertiary/aromatic N) is 1. The number of likely N-dealkylation sites (tertiary alicyclic amines) is 1. The van der Waals surface area contributed by atoms with Crippen molar-refractivity contribution in [2.24, 2.45) is 0 Å². The van der Waals surface area contributed by atoms with Gasteiger partial charge in [-0.15, -0.1) is 0 Å². The quantitative estimate of drug-likeness (QED) is 0.610. The number of carbonyl (C=O) groups is 2. The van der Waals surface area contributed by atoms with Gasteiger partial charge in [0.05, 0.1) is 5.02 Å². The van der Waals surface area contributed by atoms with Crippen molar-refractivity contribution < 1.29 is 19.1 Å². The molecule has 2 amide bonds. The maximum absolute atomic E-state index is 11.9. The number of benzene rings is 1. The average molecular weight is 379 g/mol. The van der Waals surface area contributed by atoms with Crippen molar-refractivity contribution in [1.29, 1.82) is 0 Å². The van der Waals surface area contributed by atoms with Gasteiger partial charge in [-0.2, -0.15) is 0 Å². The SMILES string of the molecule is O=C(/C=C/c1cc(Cl)c2c(c1)OCO2)NCCCN1CCCCCC1=O. The Labute approximate surface area is 158 Å². The van der Waals surface area contributed by atoms with E-state index in [1.165, 1.54) is 6.08 Å². The van der Waals surface area contributed by atoms with Crippen LogP contribution in [-0.2, 0) is 9.59 Å². The fourth-order valence-electron chi connectivity index (χ4n) is 3.07. The van der Waals surface area contributed by atoms with Crippen LogP contribution in [0.15, 0.2) is 18.2 Å². The Morgan fingerprint density at radius 2 is 2.15 bits per heavy atom. The summed E-state index contributed by atoms with van der Waals surface area (Å²) in [7, 11) is 0. The average Bonchev–Trinajstić information content (AvgIpc) is 3.01. The van der Waals surface area contributed by atoms with E-state index in [0.29, 0.717) is 36.0 Å². The molecule has 0 saturated carbocycles. The minimum absolute atomic E-state index is 0.155. The molecule has 0 bridgehead atoms. The second-order valence-electron chi connectivity index (χ2n) is 6.41. The van der Waals surface area contributed by atoms with Crippen molar-refractivity contribution in [2.45, 2.75) is 32.1 Å². The van der Waals surface area contributed by atoms with E-state index >= 15 is 0 Å². The van der Waals surface area contributed by atoms with E-state index in [4.69, 9.17) is 21.1 Å². The van der Waals surface area contributed by atoms with E-state index in [9.17, 15) is 9.59 Å². The Bertz CT molecular complexity index is 705. The summed E-state index contributed by atoms with van der Waals surface area (Å²) in [5, 5.41) is 3.30. The third-order valence-corrected chi connectivity index (χ3v) is 4.73. The zero-order valence-electron chi connectivity index (χ0n) is 14.6. The van der Waals surface area contributed by atoms with Gasteiger partial charge in [0.1, 0.15) is 0 Å². The smallest absolute Gasteiger partial charge is 0.244 e. The van der Waals surface area contributed by atoms with Crippen LogP contribution in [-0.4, -0.2) is 43.1 Å². The molecule has 1 N–H and O–H groups in total. The molecule has 7 heteroatoms. The molecule has 140 valence electrons. The number of halogens is 1. The number of carbonyl (C=O) groups excluding carboxylic acids is 2. The third-order valence-electron chi connectivity index (χ3n) is 4.45. The molecule has 2 heterocycles. The lowest BCUT2D eigenvalue weighted by atomic mass is 10.2. The van der Waals surface area contributed by atoms with Crippen molar-refractivity contribution in [2.75, 3.05) is 26.4 Å². The van der Waals surface area contributed by atoms with Crippen LogP contribution in [0.25, 0.3) is 6.08 Å². The van der Waals surface area contributed by atoms with E-state index in [1.807, 2.05) is 4.90 Å². The van der Waals surface area contributed by atoms with Gasteiger partial charge in [0.25, 0.3) is 0 Å². The first kappa shape index (κ1) is 18.6. The van der Waals surface area contributed by atoms with Gasteiger partial charge in [-0.05, 0) is 43.0 Å².